The van der Waals surface area contributed by atoms with Crippen molar-refractivity contribution < 1.29 is 14.3 Å². The number of carbonyl (C=O) groups is 2. The maximum absolute atomic E-state index is 11.2. The fourth-order valence-electron chi connectivity index (χ4n) is 2.11. The minimum absolute atomic E-state index is 0.147. The summed E-state index contributed by atoms with van der Waals surface area (Å²) < 4.78 is 4.56. The van der Waals surface area contributed by atoms with Crippen LogP contribution in [0.1, 0.15) is 32.1 Å². The normalized spacial score (nSPS) is 21.7. The van der Waals surface area contributed by atoms with E-state index in [0.29, 0.717) is 6.42 Å². The Kier molecular flexibility index (Phi) is 5.25. The summed E-state index contributed by atoms with van der Waals surface area (Å²) in [5, 5.41) is 0. The largest absolute Gasteiger partial charge is 0.469 e. The maximum Gasteiger partial charge on any atom is 0.305 e. The number of ether oxygens (including phenoxy) is 1. The summed E-state index contributed by atoms with van der Waals surface area (Å²) in [6.45, 7) is 1.64. The van der Waals surface area contributed by atoms with E-state index in [0.717, 1.165) is 38.8 Å². The lowest BCUT2D eigenvalue weighted by molar-refractivity contribution is -0.140. The predicted octanol–water partition coefficient (Wildman–Crippen LogP) is 0.279. The Bertz CT molecular complexity index is 256. The second-order valence-corrected chi connectivity index (χ2v) is 4.13. The third kappa shape index (κ3) is 3.81. The molecule has 1 saturated heterocycles. The van der Waals surface area contributed by atoms with Crippen LogP contribution in [0.3, 0.4) is 0 Å². The first kappa shape index (κ1) is 13.0. The van der Waals surface area contributed by atoms with Crippen molar-refractivity contribution in [3.63, 3.8) is 0 Å². The fraction of sp³-hybridized carbons (Fsp3) is 0.818. The van der Waals surface area contributed by atoms with E-state index in [2.05, 4.69) is 9.64 Å². The number of esters is 1. The van der Waals surface area contributed by atoms with Crippen LogP contribution >= 0.6 is 0 Å². The second kappa shape index (κ2) is 6.48. The molecule has 16 heavy (non-hydrogen) atoms. The van der Waals surface area contributed by atoms with E-state index >= 15 is 0 Å². The van der Waals surface area contributed by atoms with Gasteiger partial charge in [-0.25, -0.2) is 0 Å². The standard InChI is InChI=1S/C11H20N2O3/c1-16-10(14)6-4-8-13-7-3-2-5-9(13)11(12)15/h9H,2-8H2,1H3,(H2,12,15). The van der Waals surface area contributed by atoms with Crippen LogP contribution in [0.4, 0.5) is 0 Å². The summed E-state index contributed by atoms with van der Waals surface area (Å²) in [5.74, 6) is -0.453. The van der Waals surface area contributed by atoms with Gasteiger partial charge in [0.25, 0.3) is 0 Å². The molecule has 1 amide bonds. The zero-order chi connectivity index (χ0) is 12.0. The molecule has 1 aliphatic heterocycles. The Morgan fingerprint density at radius 2 is 2.19 bits per heavy atom. The molecular formula is C11H20N2O3. The predicted molar refractivity (Wildman–Crippen MR) is 59.7 cm³/mol. The van der Waals surface area contributed by atoms with Gasteiger partial charge in [0.15, 0.2) is 0 Å². The molecule has 5 heteroatoms. The molecule has 0 aromatic rings. The van der Waals surface area contributed by atoms with E-state index in [9.17, 15) is 9.59 Å². The topological polar surface area (TPSA) is 72.6 Å². The molecule has 0 aliphatic carbocycles. The first-order valence-corrected chi connectivity index (χ1v) is 5.75. The molecule has 0 saturated carbocycles. The van der Waals surface area contributed by atoms with Crippen molar-refractivity contribution in [2.24, 2.45) is 5.73 Å². The molecular weight excluding hydrogens is 208 g/mol. The Morgan fingerprint density at radius 3 is 2.81 bits per heavy atom. The minimum atomic E-state index is -0.252. The first-order valence-electron chi connectivity index (χ1n) is 5.75. The van der Waals surface area contributed by atoms with Gasteiger partial charge in [-0.2, -0.15) is 0 Å². The van der Waals surface area contributed by atoms with Crippen LogP contribution in [-0.2, 0) is 14.3 Å². The highest BCUT2D eigenvalue weighted by Gasteiger charge is 2.26. The van der Waals surface area contributed by atoms with Gasteiger partial charge < -0.3 is 10.5 Å². The number of nitrogens with zero attached hydrogens (tertiary/aromatic N) is 1. The zero-order valence-electron chi connectivity index (χ0n) is 9.78. The van der Waals surface area contributed by atoms with Crippen LogP contribution in [0.15, 0.2) is 0 Å². The quantitative estimate of drug-likeness (QED) is 0.686. The molecule has 0 bridgehead atoms. The molecule has 1 atom stereocenters. The second-order valence-electron chi connectivity index (χ2n) is 4.13. The Hall–Kier alpha value is -1.10. The SMILES string of the molecule is COC(=O)CCCN1CCCCC1C(N)=O. The van der Waals surface area contributed by atoms with Gasteiger partial charge in [0.05, 0.1) is 13.2 Å². The van der Waals surface area contributed by atoms with Gasteiger partial charge in [0, 0.05) is 6.42 Å². The van der Waals surface area contributed by atoms with E-state index in [4.69, 9.17) is 5.73 Å². The van der Waals surface area contributed by atoms with E-state index in [1.807, 2.05) is 0 Å². The maximum atomic E-state index is 11.2. The summed E-state index contributed by atoms with van der Waals surface area (Å²) in [6.07, 6.45) is 4.12. The first-order chi connectivity index (χ1) is 7.65. The van der Waals surface area contributed by atoms with Gasteiger partial charge >= 0.3 is 5.97 Å². The van der Waals surface area contributed by atoms with Crippen molar-refractivity contribution in [2.75, 3.05) is 20.2 Å². The van der Waals surface area contributed by atoms with Crippen LogP contribution in [0.25, 0.3) is 0 Å². The van der Waals surface area contributed by atoms with E-state index in [1.165, 1.54) is 7.11 Å². The number of likely N-dealkylation sites (tertiary alicyclic amines) is 1. The van der Waals surface area contributed by atoms with Gasteiger partial charge in [-0.15, -0.1) is 0 Å². The molecule has 1 rings (SSSR count). The Labute approximate surface area is 95.9 Å². The summed E-state index contributed by atoms with van der Waals surface area (Å²) >= 11 is 0. The van der Waals surface area contributed by atoms with Crippen LogP contribution in [0.2, 0.25) is 0 Å². The summed E-state index contributed by atoms with van der Waals surface area (Å²) in [4.78, 5) is 24.2. The number of carbonyl (C=O) groups excluding carboxylic acids is 2. The van der Waals surface area contributed by atoms with E-state index in [-0.39, 0.29) is 17.9 Å². The number of piperidine rings is 1. The average molecular weight is 228 g/mol. The molecule has 0 radical (unpaired) electrons. The molecule has 0 aromatic heterocycles. The Morgan fingerprint density at radius 1 is 1.44 bits per heavy atom. The van der Waals surface area contributed by atoms with E-state index in [1.54, 1.807) is 0 Å². The van der Waals surface area contributed by atoms with Crippen LogP contribution < -0.4 is 5.73 Å². The van der Waals surface area contributed by atoms with Crippen molar-refractivity contribution in [3.05, 3.63) is 0 Å². The van der Waals surface area contributed by atoms with Crippen LogP contribution in [0, 0.1) is 0 Å². The lowest BCUT2D eigenvalue weighted by Crippen LogP contribution is -2.48. The van der Waals surface area contributed by atoms with Gasteiger partial charge in [-0.05, 0) is 32.4 Å². The van der Waals surface area contributed by atoms with Gasteiger partial charge in [-0.1, -0.05) is 6.42 Å². The zero-order valence-corrected chi connectivity index (χ0v) is 9.78. The molecule has 92 valence electrons. The number of hydrogen-bond acceptors (Lipinski definition) is 4. The molecule has 2 N–H and O–H groups in total. The van der Waals surface area contributed by atoms with Gasteiger partial charge in [0.2, 0.25) is 5.91 Å². The van der Waals surface area contributed by atoms with Crippen LogP contribution in [-0.4, -0.2) is 43.0 Å². The molecule has 1 unspecified atom stereocenters. The van der Waals surface area contributed by atoms with Crippen molar-refractivity contribution in [2.45, 2.75) is 38.1 Å². The van der Waals surface area contributed by atoms with Crippen molar-refractivity contribution >= 4 is 11.9 Å². The monoisotopic (exact) mass is 228 g/mol. The number of primary amides is 1. The van der Waals surface area contributed by atoms with Gasteiger partial charge in [0.1, 0.15) is 0 Å². The molecule has 1 aliphatic rings. The highest BCUT2D eigenvalue weighted by atomic mass is 16.5. The summed E-state index contributed by atoms with van der Waals surface area (Å²) in [7, 11) is 1.38. The van der Waals surface area contributed by atoms with Crippen molar-refractivity contribution in [1.29, 1.82) is 0 Å². The summed E-state index contributed by atoms with van der Waals surface area (Å²) in [5.41, 5.74) is 5.34. The third-order valence-corrected chi connectivity index (χ3v) is 3.00. The minimum Gasteiger partial charge on any atom is -0.469 e. The molecule has 0 aromatic carbocycles. The fourth-order valence-corrected chi connectivity index (χ4v) is 2.11. The lowest BCUT2D eigenvalue weighted by Gasteiger charge is -2.33. The number of amides is 1. The molecule has 1 heterocycles. The Balaban J connectivity index is 2.32. The lowest BCUT2D eigenvalue weighted by atomic mass is 10.0. The van der Waals surface area contributed by atoms with Crippen molar-refractivity contribution in [1.82, 2.24) is 4.90 Å². The molecule has 0 spiro atoms. The number of hydrogen-bond donors (Lipinski definition) is 1. The number of nitrogens with two attached hydrogens (primary N) is 1. The van der Waals surface area contributed by atoms with E-state index < -0.39 is 0 Å². The van der Waals surface area contributed by atoms with Gasteiger partial charge in [-0.3, -0.25) is 14.5 Å². The smallest absolute Gasteiger partial charge is 0.305 e. The summed E-state index contributed by atoms with van der Waals surface area (Å²) in [6, 6.07) is -0.147. The number of methoxy groups -OCH3 is 1. The molecule has 1 fully saturated rings. The third-order valence-electron chi connectivity index (χ3n) is 3.00. The highest BCUT2D eigenvalue weighted by Crippen LogP contribution is 2.17. The highest BCUT2D eigenvalue weighted by molar-refractivity contribution is 5.79. The van der Waals surface area contributed by atoms with Crippen LogP contribution in [0.5, 0.6) is 0 Å². The average Bonchev–Trinajstić information content (AvgIpc) is 2.29. The van der Waals surface area contributed by atoms with Crippen molar-refractivity contribution in [3.8, 4) is 0 Å². The molecule has 5 nitrogen and oxygen atoms in total. The number of rotatable bonds is 5.